The number of hydrogen-bond acceptors (Lipinski definition) is 2. The van der Waals surface area contributed by atoms with E-state index in [-0.39, 0.29) is 0 Å². The van der Waals surface area contributed by atoms with E-state index >= 15 is 0 Å². The summed E-state index contributed by atoms with van der Waals surface area (Å²) < 4.78 is 0. The minimum atomic E-state index is 0.745. The SMILES string of the molecule is C=C(CS)CN1CCCC2(CC2)C1. The van der Waals surface area contributed by atoms with Crippen LogP contribution in [0.25, 0.3) is 0 Å². The monoisotopic (exact) mass is 197 g/mol. The van der Waals surface area contributed by atoms with E-state index in [0.29, 0.717) is 0 Å². The smallest absolute Gasteiger partial charge is 0.0198 e. The van der Waals surface area contributed by atoms with Crippen LogP contribution in [0.15, 0.2) is 12.2 Å². The maximum atomic E-state index is 4.25. The van der Waals surface area contributed by atoms with Crippen LogP contribution in [0.5, 0.6) is 0 Å². The molecule has 0 aromatic heterocycles. The molecule has 2 rings (SSSR count). The number of hydrogen-bond donors (Lipinski definition) is 1. The Morgan fingerprint density at radius 3 is 2.77 bits per heavy atom. The number of rotatable bonds is 3. The summed E-state index contributed by atoms with van der Waals surface area (Å²) in [5, 5.41) is 0. The summed E-state index contributed by atoms with van der Waals surface area (Å²) in [5.41, 5.74) is 2.01. The van der Waals surface area contributed by atoms with Gasteiger partial charge in [0.1, 0.15) is 0 Å². The Bertz CT molecular complexity index is 208. The quantitative estimate of drug-likeness (QED) is 0.537. The number of nitrogens with zero attached hydrogens (tertiary/aromatic N) is 1. The molecule has 0 N–H and O–H groups in total. The van der Waals surface area contributed by atoms with Gasteiger partial charge >= 0.3 is 0 Å². The predicted octanol–water partition coefficient (Wildman–Crippen LogP) is 2.35. The van der Waals surface area contributed by atoms with Crippen molar-refractivity contribution in [2.75, 3.05) is 25.4 Å². The Morgan fingerprint density at radius 2 is 2.15 bits per heavy atom. The fourth-order valence-electron chi connectivity index (χ4n) is 2.40. The summed E-state index contributed by atoms with van der Waals surface area (Å²) in [5.74, 6) is 0.837. The molecule has 1 aliphatic heterocycles. The maximum absolute atomic E-state index is 4.25. The molecule has 0 bridgehead atoms. The molecule has 0 aromatic carbocycles. The van der Waals surface area contributed by atoms with Crippen molar-refractivity contribution >= 4 is 12.6 Å². The van der Waals surface area contributed by atoms with Crippen LogP contribution in [-0.2, 0) is 0 Å². The van der Waals surface area contributed by atoms with Crippen LogP contribution >= 0.6 is 12.6 Å². The van der Waals surface area contributed by atoms with Crippen LogP contribution in [-0.4, -0.2) is 30.3 Å². The molecule has 0 aromatic rings. The molecule has 0 unspecified atom stereocenters. The van der Waals surface area contributed by atoms with Gasteiger partial charge < -0.3 is 0 Å². The molecule has 2 heteroatoms. The maximum Gasteiger partial charge on any atom is 0.0198 e. The Balaban J connectivity index is 1.82. The molecule has 2 fully saturated rings. The van der Waals surface area contributed by atoms with E-state index in [1.54, 1.807) is 0 Å². The van der Waals surface area contributed by atoms with E-state index in [2.05, 4.69) is 24.1 Å². The summed E-state index contributed by atoms with van der Waals surface area (Å²) in [6, 6.07) is 0. The molecular weight excluding hydrogens is 178 g/mol. The largest absolute Gasteiger partial charge is 0.299 e. The molecule has 0 radical (unpaired) electrons. The zero-order chi connectivity index (χ0) is 9.31. The molecule has 1 saturated carbocycles. The van der Waals surface area contributed by atoms with Gasteiger partial charge in [-0.1, -0.05) is 12.2 Å². The van der Waals surface area contributed by atoms with Gasteiger partial charge in [0.05, 0.1) is 0 Å². The number of thiol groups is 1. The molecule has 0 amide bonds. The lowest BCUT2D eigenvalue weighted by atomic mass is 9.95. The van der Waals surface area contributed by atoms with Gasteiger partial charge in [0.25, 0.3) is 0 Å². The lowest BCUT2D eigenvalue weighted by molar-refractivity contribution is 0.173. The predicted molar refractivity (Wildman–Crippen MR) is 60.3 cm³/mol. The van der Waals surface area contributed by atoms with Crippen LogP contribution in [0.4, 0.5) is 0 Å². The van der Waals surface area contributed by atoms with Crippen molar-refractivity contribution in [3.63, 3.8) is 0 Å². The van der Waals surface area contributed by atoms with E-state index in [9.17, 15) is 0 Å². The normalized spacial score (nSPS) is 26.2. The highest BCUT2D eigenvalue weighted by atomic mass is 32.1. The third-order valence-electron chi connectivity index (χ3n) is 3.37. The van der Waals surface area contributed by atoms with E-state index in [0.717, 1.165) is 17.7 Å². The summed E-state index contributed by atoms with van der Waals surface area (Å²) >= 11 is 4.25. The average Bonchev–Trinajstić information content (AvgIpc) is 2.85. The minimum absolute atomic E-state index is 0.745. The van der Waals surface area contributed by atoms with Crippen molar-refractivity contribution in [3.8, 4) is 0 Å². The van der Waals surface area contributed by atoms with Gasteiger partial charge in [-0.2, -0.15) is 12.6 Å². The number of piperidine rings is 1. The second-order valence-electron chi connectivity index (χ2n) is 4.72. The topological polar surface area (TPSA) is 3.24 Å². The second-order valence-corrected chi connectivity index (χ2v) is 5.04. The molecular formula is C11H19NS. The van der Waals surface area contributed by atoms with Gasteiger partial charge in [-0.25, -0.2) is 0 Å². The van der Waals surface area contributed by atoms with Crippen LogP contribution in [0.1, 0.15) is 25.7 Å². The second kappa shape index (κ2) is 3.66. The zero-order valence-corrected chi connectivity index (χ0v) is 9.15. The lowest BCUT2D eigenvalue weighted by Crippen LogP contribution is -2.37. The molecule has 1 spiro atoms. The van der Waals surface area contributed by atoms with Crippen LogP contribution in [0.3, 0.4) is 0 Å². The van der Waals surface area contributed by atoms with Gasteiger partial charge in [-0.05, 0) is 37.6 Å². The fraction of sp³-hybridized carbons (Fsp3) is 0.818. The average molecular weight is 197 g/mol. The van der Waals surface area contributed by atoms with E-state index in [1.807, 2.05) is 0 Å². The van der Waals surface area contributed by atoms with Gasteiger partial charge in [0, 0.05) is 18.8 Å². The molecule has 1 heterocycles. The van der Waals surface area contributed by atoms with Crippen LogP contribution < -0.4 is 0 Å². The van der Waals surface area contributed by atoms with Gasteiger partial charge in [-0.3, -0.25) is 4.90 Å². The van der Waals surface area contributed by atoms with Crippen molar-refractivity contribution in [3.05, 3.63) is 12.2 Å². The Kier molecular flexibility index (Phi) is 2.70. The highest BCUT2D eigenvalue weighted by Crippen LogP contribution is 2.51. The molecule has 2 aliphatic rings. The van der Waals surface area contributed by atoms with Crippen LogP contribution in [0.2, 0.25) is 0 Å². The number of likely N-dealkylation sites (tertiary alicyclic amines) is 1. The third-order valence-corrected chi connectivity index (χ3v) is 3.82. The third kappa shape index (κ3) is 2.29. The van der Waals surface area contributed by atoms with Crippen molar-refractivity contribution < 1.29 is 0 Å². The van der Waals surface area contributed by atoms with Crippen molar-refractivity contribution in [1.82, 2.24) is 4.90 Å². The first-order valence-corrected chi connectivity index (χ1v) is 5.87. The Hall–Kier alpha value is 0.0500. The Labute approximate surface area is 86.6 Å². The van der Waals surface area contributed by atoms with Gasteiger partial charge in [0.15, 0.2) is 0 Å². The molecule has 74 valence electrons. The molecule has 0 atom stereocenters. The Morgan fingerprint density at radius 1 is 1.38 bits per heavy atom. The highest BCUT2D eigenvalue weighted by molar-refractivity contribution is 7.80. The lowest BCUT2D eigenvalue weighted by Gasteiger charge is -2.33. The van der Waals surface area contributed by atoms with Gasteiger partial charge in [0.2, 0.25) is 0 Å². The van der Waals surface area contributed by atoms with Crippen molar-refractivity contribution in [2.24, 2.45) is 5.41 Å². The van der Waals surface area contributed by atoms with Crippen molar-refractivity contribution in [2.45, 2.75) is 25.7 Å². The summed E-state index contributed by atoms with van der Waals surface area (Å²) in [7, 11) is 0. The van der Waals surface area contributed by atoms with Crippen LogP contribution in [0, 0.1) is 5.41 Å². The molecule has 1 saturated heterocycles. The van der Waals surface area contributed by atoms with Gasteiger partial charge in [-0.15, -0.1) is 0 Å². The summed E-state index contributed by atoms with van der Waals surface area (Å²) in [6.45, 7) is 7.68. The van der Waals surface area contributed by atoms with E-state index in [1.165, 1.54) is 44.3 Å². The highest BCUT2D eigenvalue weighted by Gasteiger charge is 2.45. The zero-order valence-electron chi connectivity index (χ0n) is 8.26. The first-order chi connectivity index (χ1) is 6.24. The fourth-order valence-corrected chi connectivity index (χ4v) is 2.50. The summed E-state index contributed by atoms with van der Waals surface area (Å²) in [4.78, 5) is 2.56. The molecule has 13 heavy (non-hydrogen) atoms. The van der Waals surface area contributed by atoms with Crippen molar-refractivity contribution in [1.29, 1.82) is 0 Å². The minimum Gasteiger partial charge on any atom is -0.299 e. The van der Waals surface area contributed by atoms with E-state index in [4.69, 9.17) is 0 Å². The first-order valence-electron chi connectivity index (χ1n) is 5.24. The molecule has 1 nitrogen and oxygen atoms in total. The van der Waals surface area contributed by atoms with E-state index < -0.39 is 0 Å². The first kappa shape index (κ1) is 9.60. The summed E-state index contributed by atoms with van der Waals surface area (Å²) in [6.07, 6.45) is 5.80. The standard InChI is InChI=1S/C11H19NS/c1-10(8-13)7-12-6-2-3-11(9-12)4-5-11/h13H,1-9H2. The molecule has 1 aliphatic carbocycles.